The molecule has 138 valence electrons. The highest BCUT2D eigenvalue weighted by molar-refractivity contribution is 5.94. The average molecular weight is 366 g/mol. The number of alkyl halides is 3. The molecule has 0 aliphatic rings. The summed E-state index contributed by atoms with van der Waals surface area (Å²) in [7, 11) is 0. The second-order valence-corrected chi connectivity index (χ2v) is 5.53. The van der Waals surface area contributed by atoms with Gasteiger partial charge in [-0.2, -0.15) is 13.2 Å². The van der Waals surface area contributed by atoms with Crippen molar-refractivity contribution in [2.24, 2.45) is 0 Å². The molecule has 1 unspecified atom stereocenters. The summed E-state index contributed by atoms with van der Waals surface area (Å²) in [5, 5.41) is 4.98. The van der Waals surface area contributed by atoms with Gasteiger partial charge in [0.1, 0.15) is 5.75 Å². The molecular formula is C18H17F3N2O3. The normalized spacial score (nSPS) is 12.2. The van der Waals surface area contributed by atoms with Crippen molar-refractivity contribution in [1.29, 1.82) is 0 Å². The maximum atomic E-state index is 12.7. The third kappa shape index (κ3) is 5.51. The molecule has 5 nitrogen and oxygen atoms in total. The van der Waals surface area contributed by atoms with Crippen LogP contribution in [0.2, 0.25) is 0 Å². The smallest absolute Gasteiger partial charge is 0.416 e. The van der Waals surface area contributed by atoms with Gasteiger partial charge in [0.05, 0.1) is 5.56 Å². The molecule has 0 radical (unpaired) electrons. The minimum absolute atomic E-state index is 0.0290. The van der Waals surface area contributed by atoms with E-state index in [1.165, 1.54) is 26.0 Å². The average Bonchev–Trinajstić information content (AvgIpc) is 2.55. The third-order valence-electron chi connectivity index (χ3n) is 3.31. The van der Waals surface area contributed by atoms with Gasteiger partial charge in [-0.1, -0.05) is 6.07 Å². The molecule has 26 heavy (non-hydrogen) atoms. The van der Waals surface area contributed by atoms with Gasteiger partial charge >= 0.3 is 6.18 Å². The Morgan fingerprint density at radius 3 is 2.23 bits per heavy atom. The topological polar surface area (TPSA) is 67.4 Å². The zero-order valence-electron chi connectivity index (χ0n) is 14.1. The fourth-order valence-electron chi connectivity index (χ4n) is 2.09. The van der Waals surface area contributed by atoms with Crippen LogP contribution in [0.15, 0.2) is 48.5 Å². The summed E-state index contributed by atoms with van der Waals surface area (Å²) in [6, 6.07) is 10.7. The van der Waals surface area contributed by atoms with Crippen LogP contribution in [0, 0.1) is 0 Å². The molecule has 2 rings (SSSR count). The largest absolute Gasteiger partial charge is 0.481 e. The van der Waals surface area contributed by atoms with Crippen molar-refractivity contribution in [1.82, 2.24) is 0 Å². The van der Waals surface area contributed by atoms with Crippen molar-refractivity contribution in [3.05, 3.63) is 54.1 Å². The molecule has 2 aromatic rings. The van der Waals surface area contributed by atoms with E-state index in [1.54, 1.807) is 24.3 Å². The van der Waals surface area contributed by atoms with E-state index in [0.717, 1.165) is 12.1 Å². The second-order valence-electron chi connectivity index (χ2n) is 5.53. The number of carbonyl (C=O) groups excluding carboxylic acids is 2. The van der Waals surface area contributed by atoms with Crippen molar-refractivity contribution in [3.63, 3.8) is 0 Å². The number of benzene rings is 2. The number of carbonyl (C=O) groups is 2. The first kappa shape index (κ1) is 19.3. The lowest BCUT2D eigenvalue weighted by atomic mass is 10.2. The molecule has 1 atom stereocenters. The van der Waals surface area contributed by atoms with Crippen LogP contribution in [-0.2, 0) is 15.8 Å². The van der Waals surface area contributed by atoms with Crippen LogP contribution < -0.4 is 15.4 Å². The minimum Gasteiger partial charge on any atom is -0.481 e. The summed E-state index contributed by atoms with van der Waals surface area (Å²) < 4.78 is 43.6. The predicted octanol–water partition coefficient (Wildman–Crippen LogP) is 4.07. The summed E-state index contributed by atoms with van der Waals surface area (Å²) in [5.41, 5.74) is -0.246. The van der Waals surface area contributed by atoms with E-state index >= 15 is 0 Å². The van der Waals surface area contributed by atoms with E-state index in [1.807, 2.05) is 0 Å². The van der Waals surface area contributed by atoms with Crippen molar-refractivity contribution < 1.29 is 27.5 Å². The van der Waals surface area contributed by atoms with E-state index in [0.29, 0.717) is 11.4 Å². The zero-order chi connectivity index (χ0) is 19.3. The number of hydrogen-bond acceptors (Lipinski definition) is 3. The van der Waals surface area contributed by atoms with E-state index in [2.05, 4.69) is 10.6 Å². The van der Waals surface area contributed by atoms with Crippen LogP contribution in [0.1, 0.15) is 19.4 Å². The van der Waals surface area contributed by atoms with Gasteiger partial charge in [0.25, 0.3) is 5.91 Å². The monoisotopic (exact) mass is 366 g/mol. The Morgan fingerprint density at radius 2 is 1.65 bits per heavy atom. The number of amides is 2. The van der Waals surface area contributed by atoms with E-state index in [-0.39, 0.29) is 11.6 Å². The van der Waals surface area contributed by atoms with Crippen molar-refractivity contribution >= 4 is 23.2 Å². The van der Waals surface area contributed by atoms with Gasteiger partial charge in [0.15, 0.2) is 6.10 Å². The van der Waals surface area contributed by atoms with Crippen LogP contribution in [-0.4, -0.2) is 17.9 Å². The predicted molar refractivity (Wildman–Crippen MR) is 90.9 cm³/mol. The Morgan fingerprint density at radius 1 is 1.00 bits per heavy atom. The van der Waals surface area contributed by atoms with Crippen LogP contribution in [0.4, 0.5) is 24.5 Å². The van der Waals surface area contributed by atoms with Gasteiger partial charge in [-0.15, -0.1) is 0 Å². The standard InChI is InChI=1S/C18H17F3N2O3/c1-11(26-16-8-6-14(7-9-16)22-12(2)24)17(25)23-15-5-3-4-13(10-15)18(19,20)21/h3-11H,1-2H3,(H,22,24)(H,23,25). The first-order valence-electron chi connectivity index (χ1n) is 7.67. The fourth-order valence-corrected chi connectivity index (χ4v) is 2.09. The number of halogens is 3. The lowest BCUT2D eigenvalue weighted by molar-refractivity contribution is -0.137. The molecule has 0 bridgehead atoms. The zero-order valence-corrected chi connectivity index (χ0v) is 14.1. The van der Waals surface area contributed by atoms with Crippen molar-refractivity contribution in [3.8, 4) is 5.75 Å². The quantitative estimate of drug-likeness (QED) is 0.838. The Kier molecular flexibility index (Phi) is 5.86. The SMILES string of the molecule is CC(=O)Nc1ccc(OC(C)C(=O)Nc2cccc(C(F)(F)F)c2)cc1. The molecule has 0 spiro atoms. The number of rotatable bonds is 5. The van der Waals surface area contributed by atoms with Crippen LogP contribution >= 0.6 is 0 Å². The third-order valence-corrected chi connectivity index (χ3v) is 3.31. The highest BCUT2D eigenvalue weighted by Crippen LogP contribution is 2.30. The molecule has 0 fully saturated rings. The molecule has 2 N–H and O–H groups in total. The van der Waals surface area contributed by atoms with Gasteiger partial charge in [-0.3, -0.25) is 9.59 Å². The lowest BCUT2D eigenvalue weighted by Crippen LogP contribution is -2.30. The van der Waals surface area contributed by atoms with Crippen LogP contribution in [0.5, 0.6) is 5.75 Å². The summed E-state index contributed by atoms with van der Waals surface area (Å²) in [4.78, 5) is 23.1. The highest BCUT2D eigenvalue weighted by atomic mass is 19.4. The van der Waals surface area contributed by atoms with Gasteiger partial charge < -0.3 is 15.4 Å². The van der Waals surface area contributed by atoms with Crippen LogP contribution in [0.25, 0.3) is 0 Å². The first-order valence-corrected chi connectivity index (χ1v) is 7.67. The van der Waals surface area contributed by atoms with E-state index in [4.69, 9.17) is 4.74 Å². The molecule has 0 aliphatic heterocycles. The van der Waals surface area contributed by atoms with Gasteiger partial charge in [-0.05, 0) is 49.4 Å². The molecule has 0 saturated heterocycles. The summed E-state index contributed by atoms with van der Waals surface area (Å²) in [5.74, 6) is -0.423. The Balaban J connectivity index is 1.98. The maximum Gasteiger partial charge on any atom is 0.416 e. The van der Waals surface area contributed by atoms with Crippen LogP contribution in [0.3, 0.4) is 0 Å². The first-order chi connectivity index (χ1) is 12.1. The molecule has 2 aromatic carbocycles. The fraction of sp³-hybridized carbons (Fsp3) is 0.222. The Hall–Kier alpha value is -3.03. The molecule has 0 saturated carbocycles. The second kappa shape index (κ2) is 7.90. The molecule has 0 aromatic heterocycles. The summed E-state index contributed by atoms with van der Waals surface area (Å²) >= 11 is 0. The number of nitrogens with one attached hydrogen (secondary N) is 2. The molecule has 0 aliphatic carbocycles. The van der Waals surface area contributed by atoms with Gasteiger partial charge in [-0.25, -0.2) is 0 Å². The minimum atomic E-state index is -4.49. The van der Waals surface area contributed by atoms with Gasteiger partial charge in [0, 0.05) is 18.3 Å². The Labute approximate surface area is 148 Å². The van der Waals surface area contributed by atoms with Crippen molar-refractivity contribution in [2.75, 3.05) is 10.6 Å². The highest BCUT2D eigenvalue weighted by Gasteiger charge is 2.30. The summed E-state index contributed by atoms with van der Waals surface area (Å²) in [6.45, 7) is 2.86. The molecule has 0 heterocycles. The molecular weight excluding hydrogens is 349 g/mol. The van der Waals surface area contributed by atoms with E-state index < -0.39 is 23.8 Å². The number of anilines is 2. The number of hydrogen-bond donors (Lipinski definition) is 2. The van der Waals surface area contributed by atoms with Crippen molar-refractivity contribution in [2.45, 2.75) is 26.1 Å². The molecule has 8 heteroatoms. The van der Waals surface area contributed by atoms with E-state index in [9.17, 15) is 22.8 Å². The maximum absolute atomic E-state index is 12.7. The lowest BCUT2D eigenvalue weighted by Gasteiger charge is -2.16. The number of ether oxygens (including phenoxy) is 1. The van der Waals surface area contributed by atoms with Gasteiger partial charge in [0.2, 0.25) is 5.91 Å². The Bertz CT molecular complexity index is 789. The summed E-state index contributed by atoms with van der Waals surface area (Å²) in [6.07, 6.45) is -5.42. The molecule has 2 amide bonds.